The summed E-state index contributed by atoms with van der Waals surface area (Å²) in [6.45, 7) is 11.3. The molecule has 18 heavy (non-hydrogen) atoms. The van der Waals surface area contributed by atoms with Crippen LogP contribution in [0.4, 0.5) is 0 Å². The summed E-state index contributed by atoms with van der Waals surface area (Å²) < 4.78 is 7.61. The van der Waals surface area contributed by atoms with Crippen LogP contribution in [0.3, 0.4) is 0 Å². The first-order valence-electron chi connectivity index (χ1n) is 7.01. The summed E-state index contributed by atoms with van der Waals surface area (Å²) in [5.74, 6) is 0. The molecule has 1 aromatic rings. The van der Waals surface area contributed by atoms with Crippen molar-refractivity contribution in [2.45, 2.75) is 59.2 Å². The van der Waals surface area contributed by atoms with E-state index >= 15 is 0 Å². The molecule has 0 bridgehead atoms. The van der Waals surface area contributed by atoms with Crippen molar-refractivity contribution in [2.75, 3.05) is 13.2 Å². The Kier molecular flexibility index (Phi) is 4.40. The Balaban J connectivity index is 2.07. The maximum Gasteiger partial charge on any atom is 0.0644 e. The summed E-state index contributed by atoms with van der Waals surface area (Å²) in [6.07, 6.45) is 2.38. The summed E-state index contributed by atoms with van der Waals surface area (Å²) in [4.78, 5) is 0. The van der Waals surface area contributed by atoms with E-state index in [4.69, 9.17) is 4.74 Å². The van der Waals surface area contributed by atoms with Gasteiger partial charge in [0.05, 0.1) is 12.3 Å². The minimum absolute atomic E-state index is 0.344. The molecule has 4 heteroatoms. The molecule has 1 aliphatic heterocycles. The molecule has 1 aliphatic rings. The Morgan fingerprint density at radius 3 is 2.83 bits per heavy atom. The molecule has 2 unspecified atom stereocenters. The van der Waals surface area contributed by atoms with Gasteiger partial charge in [0.2, 0.25) is 0 Å². The molecule has 102 valence electrons. The molecule has 0 aliphatic carbocycles. The van der Waals surface area contributed by atoms with Crippen LogP contribution in [0.15, 0.2) is 0 Å². The van der Waals surface area contributed by atoms with E-state index in [-0.39, 0.29) is 0 Å². The Labute approximate surface area is 110 Å². The van der Waals surface area contributed by atoms with Crippen molar-refractivity contribution in [3.05, 3.63) is 17.0 Å². The van der Waals surface area contributed by atoms with Crippen LogP contribution in [0.25, 0.3) is 0 Å². The van der Waals surface area contributed by atoms with Crippen molar-refractivity contribution in [2.24, 2.45) is 0 Å². The first kappa shape index (κ1) is 13.6. The van der Waals surface area contributed by atoms with Crippen molar-refractivity contribution in [3.63, 3.8) is 0 Å². The summed E-state index contributed by atoms with van der Waals surface area (Å²) in [5, 5.41) is 8.26. The largest absolute Gasteiger partial charge is 0.380 e. The highest BCUT2D eigenvalue weighted by Crippen LogP contribution is 2.22. The lowest BCUT2D eigenvalue weighted by Gasteiger charge is -2.27. The second-order valence-electron chi connectivity index (χ2n) is 5.20. The van der Waals surface area contributed by atoms with Crippen molar-refractivity contribution in [3.8, 4) is 0 Å². The third-order valence-corrected chi connectivity index (χ3v) is 3.82. The number of nitrogens with zero attached hydrogens (tertiary/aromatic N) is 2. The summed E-state index contributed by atoms with van der Waals surface area (Å²) in [6, 6.07) is 0.828. The second kappa shape index (κ2) is 5.85. The molecule has 2 atom stereocenters. The maximum absolute atomic E-state index is 5.52. The fraction of sp³-hybridized carbons (Fsp3) is 0.786. The van der Waals surface area contributed by atoms with Gasteiger partial charge in [-0.3, -0.25) is 4.68 Å². The van der Waals surface area contributed by atoms with Gasteiger partial charge < -0.3 is 10.1 Å². The van der Waals surface area contributed by atoms with Gasteiger partial charge in [0.25, 0.3) is 0 Å². The predicted molar refractivity (Wildman–Crippen MR) is 72.8 cm³/mol. The molecular formula is C14H25N3O. The molecule has 2 rings (SSSR count). The van der Waals surface area contributed by atoms with Crippen LogP contribution in [0.1, 0.15) is 49.7 Å². The van der Waals surface area contributed by atoms with Gasteiger partial charge >= 0.3 is 0 Å². The Morgan fingerprint density at radius 1 is 1.50 bits per heavy atom. The molecule has 1 fully saturated rings. The van der Waals surface area contributed by atoms with Crippen molar-refractivity contribution in [1.29, 1.82) is 0 Å². The van der Waals surface area contributed by atoms with Gasteiger partial charge in [-0.05, 0) is 40.5 Å². The number of rotatable bonds is 4. The zero-order valence-corrected chi connectivity index (χ0v) is 12.0. The van der Waals surface area contributed by atoms with E-state index in [1.807, 2.05) is 0 Å². The lowest BCUT2D eigenvalue weighted by molar-refractivity contribution is 0.0670. The molecular weight excluding hydrogens is 226 g/mol. The van der Waals surface area contributed by atoms with Gasteiger partial charge in [0.1, 0.15) is 0 Å². The van der Waals surface area contributed by atoms with E-state index < -0.39 is 0 Å². The van der Waals surface area contributed by atoms with E-state index in [2.05, 4.69) is 42.8 Å². The normalized spacial score (nSPS) is 22.1. The van der Waals surface area contributed by atoms with Gasteiger partial charge in [-0.2, -0.15) is 5.10 Å². The van der Waals surface area contributed by atoms with Gasteiger partial charge in [-0.25, -0.2) is 0 Å². The minimum atomic E-state index is 0.344. The van der Waals surface area contributed by atoms with Crippen LogP contribution in [0.5, 0.6) is 0 Å². The SMILES string of the molecule is CCn1nc(C)c(C(C)NC2CCCOC2)c1C. The number of ether oxygens (including phenoxy) is 1. The quantitative estimate of drug-likeness (QED) is 0.893. The maximum atomic E-state index is 5.52. The van der Waals surface area contributed by atoms with Crippen LogP contribution in [0.2, 0.25) is 0 Å². The van der Waals surface area contributed by atoms with Crippen molar-refractivity contribution < 1.29 is 4.74 Å². The minimum Gasteiger partial charge on any atom is -0.380 e. The lowest BCUT2D eigenvalue weighted by Crippen LogP contribution is -2.38. The van der Waals surface area contributed by atoms with Gasteiger partial charge in [-0.15, -0.1) is 0 Å². The predicted octanol–water partition coefficient (Wildman–Crippen LogP) is 2.35. The summed E-state index contributed by atoms with van der Waals surface area (Å²) in [5.41, 5.74) is 3.78. The fourth-order valence-electron chi connectivity index (χ4n) is 2.95. The number of nitrogens with one attached hydrogen (secondary N) is 1. The number of aromatic nitrogens is 2. The van der Waals surface area contributed by atoms with E-state index in [1.165, 1.54) is 17.7 Å². The van der Waals surface area contributed by atoms with Gasteiger partial charge in [0.15, 0.2) is 0 Å². The van der Waals surface area contributed by atoms with Crippen LogP contribution in [0, 0.1) is 13.8 Å². The molecule has 0 radical (unpaired) electrons. The Morgan fingerprint density at radius 2 is 2.28 bits per heavy atom. The molecule has 0 saturated carbocycles. The smallest absolute Gasteiger partial charge is 0.0644 e. The number of aryl methyl sites for hydroxylation is 2. The molecule has 1 aromatic heterocycles. The van der Waals surface area contributed by atoms with E-state index in [0.717, 1.165) is 31.9 Å². The van der Waals surface area contributed by atoms with Gasteiger partial charge in [0, 0.05) is 36.5 Å². The Bertz CT molecular complexity index is 394. The highest BCUT2D eigenvalue weighted by Gasteiger charge is 2.21. The zero-order valence-electron chi connectivity index (χ0n) is 12.0. The van der Waals surface area contributed by atoms with Crippen molar-refractivity contribution >= 4 is 0 Å². The monoisotopic (exact) mass is 251 g/mol. The molecule has 1 saturated heterocycles. The highest BCUT2D eigenvalue weighted by atomic mass is 16.5. The van der Waals surface area contributed by atoms with E-state index in [9.17, 15) is 0 Å². The third kappa shape index (κ3) is 2.75. The van der Waals surface area contributed by atoms with Crippen LogP contribution in [-0.4, -0.2) is 29.0 Å². The molecule has 0 aromatic carbocycles. The average Bonchev–Trinajstić information content (AvgIpc) is 2.65. The summed E-state index contributed by atoms with van der Waals surface area (Å²) in [7, 11) is 0. The molecule has 4 nitrogen and oxygen atoms in total. The average molecular weight is 251 g/mol. The van der Waals surface area contributed by atoms with Crippen LogP contribution < -0.4 is 5.32 Å². The highest BCUT2D eigenvalue weighted by molar-refractivity contribution is 5.27. The van der Waals surface area contributed by atoms with Crippen LogP contribution in [-0.2, 0) is 11.3 Å². The zero-order chi connectivity index (χ0) is 13.1. The first-order valence-corrected chi connectivity index (χ1v) is 7.01. The standard InChI is InChI=1S/C14H25N3O/c1-5-17-12(4)14(11(3)16-17)10(2)15-13-7-6-8-18-9-13/h10,13,15H,5-9H2,1-4H3. The summed E-state index contributed by atoms with van der Waals surface area (Å²) >= 11 is 0. The van der Waals surface area contributed by atoms with Crippen molar-refractivity contribution in [1.82, 2.24) is 15.1 Å². The van der Waals surface area contributed by atoms with E-state index in [1.54, 1.807) is 0 Å². The van der Waals surface area contributed by atoms with Crippen LogP contribution >= 0.6 is 0 Å². The first-order chi connectivity index (χ1) is 8.63. The lowest BCUT2D eigenvalue weighted by atomic mass is 10.0. The molecule has 2 heterocycles. The molecule has 0 spiro atoms. The third-order valence-electron chi connectivity index (χ3n) is 3.82. The molecule has 0 amide bonds. The topological polar surface area (TPSA) is 39.1 Å². The molecule has 1 N–H and O–H groups in total. The number of hydrogen-bond donors (Lipinski definition) is 1. The fourth-order valence-corrected chi connectivity index (χ4v) is 2.95. The Hall–Kier alpha value is -0.870. The second-order valence-corrected chi connectivity index (χ2v) is 5.20. The van der Waals surface area contributed by atoms with Gasteiger partial charge in [-0.1, -0.05) is 0 Å². The van der Waals surface area contributed by atoms with E-state index in [0.29, 0.717) is 12.1 Å². The number of hydrogen-bond acceptors (Lipinski definition) is 3.